The largest absolute Gasteiger partial charge is 0.367 e. The second-order valence-electron chi connectivity index (χ2n) is 7.56. The first kappa shape index (κ1) is 17.3. The van der Waals surface area contributed by atoms with E-state index in [2.05, 4.69) is 31.7 Å². The van der Waals surface area contributed by atoms with Crippen molar-refractivity contribution in [1.82, 2.24) is 29.5 Å². The molecule has 2 aromatic rings. The number of H-pyrrole nitrogens is 1. The van der Waals surface area contributed by atoms with Crippen molar-refractivity contribution in [3.63, 3.8) is 0 Å². The van der Waals surface area contributed by atoms with Crippen molar-refractivity contribution in [2.75, 3.05) is 26.2 Å². The first-order valence-corrected chi connectivity index (χ1v) is 9.75. The van der Waals surface area contributed by atoms with Crippen LogP contribution in [0.1, 0.15) is 60.0 Å². The summed E-state index contributed by atoms with van der Waals surface area (Å²) in [5, 5.41) is 8.97. The Balaban J connectivity index is 1.44. The maximum atomic E-state index is 12.6. The lowest BCUT2D eigenvalue weighted by molar-refractivity contribution is 0.0703. The Morgan fingerprint density at radius 3 is 2.81 bits per heavy atom. The van der Waals surface area contributed by atoms with Crippen LogP contribution in [0.5, 0.6) is 0 Å². The smallest absolute Gasteiger partial charge is 0.255 e. The molecule has 1 N–H and O–H groups in total. The molecule has 0 unspecified atom stereocenters. The first-order chi connectivity index (χ1) is 12.7. The monoisotopic (exact) mass is 356 g/mol. The van der Waals surface area contributed by atoms with Crippen LogP contribution in [-0.4, -0.2) is 61.6 Å². The number of rotatable bonds is 4. The number of hydrogen-bond acceptors (Lipinski definition) is 4. The van der Waals surface area contributed by atoms with Crippen LogP contribution < -0.4 is 0 Å². The average Bonchev–Trinajstić information content (AvgIpc) is 3.33. The van der Waals surface area contributed by atoms with Crippen molar-refractivity contribution in [3.05, 3.63) is 35.7 Å². The molecule has 2 aliphatic rings. The highest BCUT2D eigenvalue weighted by Crippen LogP contribution is 2.27. The van der Waals surface area contributed by atoms with Gasteiger partial charge in [-0.25, -0.2) is 0 Å². The number of amides is 1. The molecule has 7 heteroatoms. The SMILES string of the molecule is Cn1c(CN2CCCCC2)nnc1[C@H]1CCCN(C(=O)c2cc[nH]c2)C1. The van der Waals surface area contributed by atoms with Gasteiger partial charge >= 0.3 is 0 Å². The van der Waals surface area contributed by atoms with E-state index in [9.17, 15) is 4.79 Å². The van der Waals surface area contributed by atoms with Crippen LogP contribution in [0.25, 0.3) is 0 Å². The minimum Gasteiger partial charge on any atom is -0.367 e. The van der Waals surface area contributed by atoms with E-state index in [1.807, 2.05) is 11.0 Å². The molecule has 0 spiro atoms. The normalized spacial score (nSPS) is 21.9. The van der Waals surface area contributed by atoms with Crippen LogP contribution in [0.4, 0.5) is 0 Å². The lowest BCUT2D eigenvalue weighted by atomic mass is 9.96. The maximum Gasteiger partial charge on any atom is 0.255 e. The van der Waals surface area contributed by atoms with Gasteiger partial charge in [-0.15, -0.1) is 10.2 Å². The zero-order valence-corrected chi connectivity index (χ0v) is 15.5. The number of piperidine rings is 2. The molecule has 0 saturated carbocycles. The average molecular weight is 356 g/mol. The number of carbonyl (C=O) groups is 1. The van der Waals surface area contributed by atoms with E-state index in [1.165, 1.54) is 19.3 Å². The summed E-state index contributed by atoms with van der Waals surface area (Å²) in [4.78, 5) is 20.0. The van der Waals surface area contributed by atoms with E-state index in [4.69, 9.17) is 0 Å². The van der Waals surface area contributed by atoms with Crippen molar-refractivity contribution in [3.8, 4) is 0 Å². The fourth-order valence-electron chi connectivity index (χ4n) is 4.20. The van der Waals surface area contributed by atoms with Crippen molar-refractivity contribution in [2.45, 2.75) is 44.6 Å². The number of aromatic amines is 1. The van der Waals surface area contributed by atoms with Gasteiger partial charge in [0.15, 0.2) is 0 Å². The third-order valence-electron chi connectivity index (χ3n) is 5.73. The summed E-state index contributed by atoms with van der Waals surface area (Å²) in [7, 11) is 2.07. The van der Waals surface area contributed by atoms with Gasteiger partial charge in [-0.1, -0.05) is 6.42 Å². The Labute approximate surface area is 154 Å². The summed E-state index contributed by atoms with van der Waals surface area (Å²) in [5.41, 5.74) is 0.731. The van der Waals surface area contributed by atoms with Crippen LogP contribution in [0.2, 0.25) is 0 Å². The molecule has 0 bridgehead atoms. The Bertz CT molecular complexity index is 731. The molecule has 2 aliphatic heterocycles. The summed E-state index contributed by atoms with van der Waals surface area (Å²) in [5.74, 6) is 2.42. The fourth-order valence-corrected chi connectivity index (χ4v) is 4.20. The highest BCUT2D eigenvalue weighted by molar-refractivity contribution is 5.94. The lowest BCUT2D eigenvalue weighted by Crippen LogP contribution is -2.39. The highest BCUT2D eigenvalue weighted by Gasteiger charge is 2.29. The summed E-state index contributed by atoms with van der Waals surface area (Å²) < 4.78 is 2.16. The Morgan fingerprint density at radius 2 is 2.04 bits per heavy atom. The second-order valence-corrected chi connectivity index (χ2v) is 7.56. The van der Waals surface area contributed by atoms with Gasteiger partial charge in [-0.2, -0.15) is 0 Å². The fraction of sp³-hybridized carbons (Fsp3) is 0.632. The van der Waals surface area contributed by atoms with Crippen LogP contribution in [0.15, 0.2) is 18.5 Å². The number of carbonyl (C=O) groups excluding carboxylic acids is 1. The number of aromatic nitrogens is 4. The summed E-state index contributed by atoms with van der Waals surface area (Å²) >= 11 is 0. The summed E-state index contributed by atoms with van der Waals surface area (Å²) in [6, 6.07) is 1.84. The van der Waals surface area contributed by atoms with Crippen LogP contribution in [0.3, 0.4) is 0 Å². The van der Waals surface area contributed by atoms with Crippen molar-refractivity contribution >= 4 is 5.91 Å². The van der Waals surface area contributed by atoms with E-state index in [0.717, 1.165) is 62.8 Å². The third-order valence-corrected chi connectivity index (χ3v) is 5.73. The Hall–Kier alpha value is -2.15. The number of nitrogens with zero attached hydrogens (tertiary/aromatic N) is 5. The van der Waals surface area contributed by atoms with Gasteiger partial charge in [0.25, 0.3) is 5.91 Å². The van der Waals surface area contributed by atoms with Crippen LogP contribution in [-0.2, 0) is 13.6 Å². The van der Waals surface area contributed by atoms with Gasteiger partial charge in [0, 0.05) is 38.4 Å². The van der Waals surface area contributed by atoms with Crippen molar-refractivity contribution in [1.29, 1.82) is 0 Å². The molecular formula is C19H28N6O. The van der Waals surface area contributed by atoms with E-state index < -0.39 is 0 Å². The molecule has 2 saturated heterocycles. The zero-order valence-electron chi connectivity index (χ0n) is 15.5. The highest BCUT2D eigenvalue weighted by atomic mass is 16.2. The van der Waals surface area contributed by atoms with Crippen molar-refractivity contribution < 1.29 is 4.79 Å². The van der Waals surface area contributed by atoms with Gasteiger partial charge in [-0.05, 0) is 44.8 Å². The van der Waals surface area contributed by atoms with E-state index in [1.54, 1.807) is 12.4 Å². The molecule has 4 rings (SSSR count). The van der Waals surface area contributed by atoms with E-state index >= 15 is 0 Å². The second kappa shape index (κ2) is 7.61. The standard InChI is InChI=1S/C19H28N6O/c1-23-17(14-24-9-3-2-4-10-24)21-22-18(23)16-6-5-11-25(13-16)19(26)15-7-8-20-12-15/h7-8,12,16,20H,2-6,9-11,13-14H2,1H3/t16-/m0/s1. The molecule has 2 fully saturated rings. The van der Waals surface area contributed by atoms with Crippen LogP contribution >= 0.6 is 0 Å². The van der Waals surface area contributed by atoms with Gasteiger partial charge in [0.05, 0.1) is 12.1 Å². The van der Waals surface area contributed by atoms with Gasteiger partial charge in [0.2, 0.25) is 0 Å². The van der Waals surface area contributed by atoms with E-state index in [-0.39, 0.29) is 11.8 Å². The number of likely N-dealkylation sites (tertiary alicyclic amines) is 2. The Morgan fingerprint density at radius 1 is 1.19 bits per heavy atom. The van der Waals surface area contributed by atoms with Crippen molar-refractivity contribution in [2.24, 2.45) is 7.05 Å². The minimum absolute atomic E-state index is 0.103. The van der Waals surface area contributed by atoms with Gasteiger partial charge in [-0.3, -0.25) is 9.69 Å². The molecular weight excluding hydrogens is 328 g/mol. The predicted octanol–water partition coefficient (Wildman–Crippen LogP) is 2.15. The molecule has 26 heavy (non-hydrogen) atoms. The van der Waals surface area contributed by atoms with Crippen LogP contribution in [0, 0.1) is 0 Å². The van der Waals surface area contributed by atoms with Gasteiger partial charge < -0.3 is 14.5 Å². The van der Waals surface area contributed by atoms with Gasteiger partial charge in [0.1, 0.15) is 11.6 Å². The maximum absolute atomic E-state index is 12.6. The lowest BCUT2D eigenvalue weighted by Gasteiger charge is -2.32. The number of hydrogen-bond donors (Lipinski definition) is 1. The third kappa shape index (κ3) is 3.53. The molecule has 1 atom stereocenters. The minimum atomic E-state index is 0.103. The molecule has 140 valence electrons. The zero-order chi connectivity index (χ0) is 17.9. The molecule has 2 aromatic heterocycles. The summed E-state index contributed by atoms with van der Waals surface area (Å²) in [6.07, 6.45) is 9.54. The van der Waals surface area contributed by atoms with E-state index in [0.29, 0.717) is 0 Å². The predicted molar refractivity (Wildman–Crippen MR) is 98.8 cm³/mol. The quantitative estimate of drug-likeness (QED) is 0.911. The molecule has 0 aliphatic carbocycles. The topological polar surface area (TPSA) is 70.1 Å². The number of nitrogens with one attached hydrogen (secondary N) is 1. The first-order valence-electron chi connectivity index (χ1n) is 9.75. The molecule has 0 radical (unpaired) electrons. The Kier molecular flexibility index (Phi) is 5.06. The molecule has 0 aromatic carbocycles. The molecule has 1 amide bonds. The molecule has 7 nitrogen and oxygen atoms in total. The summed E-state index contributed by atoms with van der Waals surface area (Å²) in [6.45, 7) is 4.73. The molecule has 4 heterocycles.